The zero-order valence-corrected chi connectivity index (χ0v) is 6.32. The molecular weight excluding hydrogens is 118 g/mol. The molecule has 0 aromatic heterocycles. The predicted molar refractivity (Wildman–Crippen MR) is 36.8 cm³/mol. The lowest BCUT2D eigenvalue weighted by atomic mass is 10.4. The first-order valence-electron chi connectivity index (χ1n) is 2.82. The molecule has 0 radical (unpaired) electrons. The van der Waals surface area contributed by atoms with Gasteiger partial charge in [-0.25, -0.2) is 4.79 Å². The number of carbonyl (C=O) groups excluding carboxylic acids is 1. The maximum absolute atomic E-state index is 10.1. The van der Waals surface area contributed by atoms with E-state index in [1.165, 1.54) is 14.0 Å². The van der Waals surface area contributed by atoms with E-state index in [1.54, 1.807) is 0 Å². The van der Waals surface area contributed by atoms with E-state index in [2.05, 4.69) is 4.74 Å². The zero-order chi connectivity index (χ0) is 7.86. The molecule has 0 bridgehead atoms. The van der Waals surface area contributed by atoms with Crippen LogP contribution in [-0.4, -0.2) is 18.8 Å². The van der Waals surface area contributed by atoms with Crippen LogP contribution in [0.2, 0.25) is 0 Å². The van der Waals surface area contributed by atoms with Crippen LogP contribution in [0, 0.1) is 5.41 Å². The molecule has 0 amide bonds. The van der Waals surface area contributed by atoms with Crippen molar-refractivity contribution in [2.45, 2.75) is 20.8 Å². The van der Waals surface area contributed by atoms with E-state index >= 15 is 0 Å². The van der Waals surface area contributed by atoms with Gasteiger partial charge in [-0.1, -0.05) is 13.8 Å². The molecule has 1 N–H and O–H groups in total. The Hall–Kier alpha value is -0.860. The average molecular weight is 131 g/mol. The van der Waals surface area contributed by atoms with Crippen molar-refractivity contribution in [3.63, 3.8) is 0 Å². The van der Waals surface area contributed by atoms with Crippen molar-refractivity contribution in [3.8, 4) is 0 Å². The lowest BCUT2D eigenvalue weighted by Gasteiger charge is -1.89. The molecule has 3 heteroatoms. The van der Waals surface area contributed by atoms with Gasteiger partial charge in [0.2, 0.25) is 0 Å². The van der Waals surface area contributed by atoms with E-state index in [0.29, 0.717) is 0 Å². The van der Waals surface area contributed by atoms with Gasteiger partial charge in [-0.15, -0.1) is 0 Å². The number of methoxy groups -OCH3 is 1. The van der Waals surface area contributed by atoms with E-state index in [1.807, 2.05) is 13.8 Å². The molecule has 54 valence electrons. The summed E-state index contributed by atoms with van der Waals surface area (Å²) < 4.78 is 4.15. The number of rotatable bonds is 1. The topological polar surface area (TPSA) is 50.2 Å². The fourth-order valence-electron chi connectivity index (χ4n) is 0.153. The summed E-state index contributed by atoms with van der Waals surface area (Å²) in [6.07, 6.45) is 0. The second-order valence-corrected chi connectivity index (χ2v) is 1.12. The number of nitrogens with one attached hydrogen (secondary N) is 1. The summed E-state index contributed by atoms with van der Waals surface area (Å²) in [6, 6.07) is 0. The third-order valence-corrected chi connectivity index (χ3v) is 0.492. The van der Waals surface area contributed by atoms with Crippen LogP contribution >= 0.6 is 0 Å². The van der Waals surface area contributed by atoms with Gasteiger partial charge >= 0.3 is 5.97 Å². The highest BCUT2D eigenvalue weighted by atomic mass is 16.5. The van der Waals surface area contributed by atoms with Crippen LogP contribution in [-0.2, 0) is 9.53 Å². The molecule has 0 aromatic carbocycles. The van der Waals surface area contributed by atoms with Gasteiger partial charge in [-0.05, 0) is 6.92 Å². The van der Waals surface area contributed by atoms with Crippen molar-refractivity contribution >= 4 is 11.7 Å². The van der Waals surface area contributed by atoms with E-state index in [9.17, 15) is 4.79 Å². The second-order valence-electron chi connectivity index (χ2n) is 1.12. The predicted octanol–water partition coefficient (Wildman–Crippen LogP) is 1.23. The quantitative estimate of drug-likeness (QED) is 0.429. The third kappa shape index (κ3) is 7.14. The normalized spacial score (nSPS) is 6.67. The standard InChI is InChI=1S/C4H7NO2.C2H6/c1-3(5)4(6)7-2;1-2/h5H,1-2H3;1-2H3. The number of hydrogen-bond acceptors (Lipinski definition) is 3. The van der Waals surface area contributed by atoms with Gasteiger partial charge in [0.05, 0.1) is 7.11 Å². The fraction of sp³-hybridized carbons (Fsp3) is 0.667. The molecule has 0 aliphatic carbocycles. The van der Waals surface area contributed by atoms with Crippen LogP contribution in [0.3, 0.4) is 0 Å². The Kier molecular flexibility index (Phi) is 8.73. The maximum Gasteiger partial charge on any atom is 0.351 e. The summed E-state index contributed by atoms with van der Waals surface area (Å²) in [5.74, 6) is -0.569. The smallest absolute Gasteiger partial charge is 0.351 e. The van der Waals surface area contributed by atoms with Crippen molar-refractivity contribution in [1.29, 1.82) is 5.41 Å². The Morgan fingerprint density at radius 1 is 1.44 bits per heavy atom. The van der Waals surface area contributed by atoms with Gasteiger partial charge in [-0.3, -0.25) is 5.41 Å². The minimum atomic E-state index is -0.569. The Bertz CT molecular complexity index is 99.2. The SMILES string of the molecule is CC.COC(=O)C(C)=N. The molecule has 0 rings (SSSR count). The Labute approximate surface area is 55.5 Å². The van der Waals surface area contributed by atoms with E-state index < -0.39 is 5.97 Å². The van der Waals surface area contributed by atoms with Crippen molar-refractivity contribution in [1.82, 2.24) is 0 Å². The number of ether oxygens (including phenoxy) is 1. The summed E-state index contributed by atoms with van der Waals surface area (Å²) in [7, 11) is 1.25. The van der Waals surface area contributed by atoms with Gasteiger partial charge in [0.15, 0.2) is 0 Å². The van der Waals surface area contributed by atoms with Crippen LogP contribution in [0.5, 0.6) is 0 Å². The molecule has 0 unspecified atom stereocenters. The molecule has 9 heavy (non-hydrogen) atoms. The lowest BCUT2D eigenvalue weighted by Crippen LogP contribution is -2.09. The molecule has 0 saturated carbocycles. The highest BCUT2D eigenvalue weighted by Crippen LogP contribution is 1.72. The molecule has 0 heterocycles. The molecule has 0 fully saturated rings. The average Bonchev–Trinajstić information content (AvgIpc) is 1.91. The van der Waals surface area contributed by atoms with Crippen molar-refractivity contribution in [3.05, 3.63) is 0 Å². The first-order chi connectivity index (χ1) is 4.18. The van der Waals surface area contributed by atoms with Crippen LogP contribution < -0.4 is 0 Å². The van der Waals surface area contributed by atoms with E-state index in [-0.39, 0.29) is 5.71 Å². The summed E-state index contributed by atoms with van der Waals surface area (Å²) in [5.41, 5.74) is -0.0671. The monoisotopic (exact) mass is 131 g/mol. The second kappa shape index (κ2) is 7.14. The molecule has 0 atom stereocenters. The number of esters is 1. The zero-order valence-electron chi connectivity index (χ0n) is 6.32. The Morgan fingerprint density at radius 3 is 1.78 bits per heavy atom. The summed E-state index contributed by atoms with van der Waals surface area (Å²) in [4.78, 5) is 10.1. The van der Waals surface area contributed by atoms with Crippen molar-refractivity contribution < 1.29 is 9.53 Å². The van der Waals surface area contributed by atoms with Crippen LogP contribution in [0.25, 0.3) is 0 Å². The van der Waals surface area contributed by atoms with E-state index in [4.69, 9.17) is 5.41 Å². The summed E-state index contributed by atoms with van der Waals surface area (Å²) >= 11 is 0. The van der Waals surface area contributed by atoms with Crippen molar-refractivity contribution in [2.75, 3.05) is 7.11 Å². The summed E-state index contributed by atoms with van der Waals surface area (Å²) in [6.45, 7) is 5.38. The van der Waals surface area contributed by atoms with Gasteiger partial charge in [0.1, 0.15) is 5.71 Å². The van der Waals surface area contributed by atoms with Gasteiger partial charge in [0, 0.05) is 0 Å². The van der Waals surface area contributed by atoms with Crippen LogP contribution in [0.4, 0.5) is 0 Å². The first kappa shape index (κ1) is 11.0. The highest BCUT2D eigenvalue weighted by Gasteiger charge is 1.98. The Balaban J connectivity index is 0. The molecule has 3 nitrogen and oxygen atoms in total. The molecule has 0 aliphatic heterocycles. The van der Waals surface area contributed by atoms with Crippen molar-refractivity contribution in [2.24, 2.45) is 0 Å². The summed E-state index contributed by atoms with van der Waals surface area (Å²) in [5, 5.41) is 6.63. The minimum absolute atomic E-state index is 0.0671. The molecule has 0 aromatic rings. The molecule has 0 aliphatic rings. The van der Waals surface area contributed by atoms with Gasteiger partial charge < -0.3 is 4.74 Å². The lowest BCUT2D eigenvalue weighted by molar-refractivity contribution is -0.132. The van der Waals surface area contributed by atoms with Crippen LogP contribution in [0.15, 0.2) is 0 Å². The number of carbonyl (C=O) groups is 1. The fourth-order valence-corrected chi connectivity index (χ4v) is 0.153. The van der Waals surface area contributed by atoms with E-state index in [0.717, 1.165) is 0 Å². The van der Waals surface area contributed by atoms with Gasteiger partial charge in [-0.2, -0.15) is 0 Å². The Morgan fingerprint density at radius 2 is 1.78 bits per heavy atom. The number of hydrogen-bond donors (Lipinski definition) is 1. The third-order valence-electron chi connectivity index (χ3n) is 0.492. The molecular formula is C6H13NO2. The highest BCUT2D eigenvalue weighted by molar-refractivity contribution is 6.33. The van der Waals surface area contributed by atoms with Gasteiger partial charge in [0.25, 0.3) is 0 Å². The van der Waals surface area contributed by atoms with Crippen LogP contribution in [0.1, 0.15) is 20.8 Å². The maximum atomic E-state index is 10.1. The first-order valence-corrected chi connectivity index (χ1v) is 2.82. The molecule has 0 saturated heterocycles. The molecule has 0 spiro atoms. The largest absolute Gasteiger partial charge is 0.465 e. The minimum Gasteiger partial charge on any atom is -0.465 e.